The van der Waals surface area contributed by atoms with Crippen LogP contribution < -0.4 is 5.63 Å². The molecule has 0 aliphatic heterocycles. The Morgan fingerprint density at radius 1 is 0.903 bits per heavy atom. The van der Waals surface area contributed by atoms with Crippen molar-refractivity contribution in [3.63, 3.8) is 0 Å². The number of nitrogens with one attached hydrogen (secondary N) is 1. The molecule has 0 radical (unpaired) electrons. The maximum atomic E-state index is 12.1. The van der Waals surface area contributed by atoms with Crippen LogP contribution in [0.4, 0.5) is 0 Å². The van der Waals surface area contributed by atoms with E-state index in [1.165, 1.54) is 11.8 Å². The van der Waals surface area contributed by atoms with Crippen LogP contribution in [0.3, 0.4) is 0 Å². The van der Waals surface area contributed by atoms with E-state index in [1.54, 1.807) is 6.07 Å². The predicted octanol–water partition coefficient (Wildman–Crippen LogP) is 5.77. The lowest BCUT2D eigenvalue weighted by Gasteiger charge is -2.07. The van der Waals surface area contributed by atoms with Crippen LogP contribution in [0.5, 0.6) is 0 Å². The molecule has 0 unspecified atom stereocenters. The SMILES string of the molecule is O=c1cc(CSc2nnc(-c3c[nH]c4ccccc34)o2)c2c(ccc3ccccc32)o1. The Labute approximate surface area is 179 Å². The number of benzene rings is 3. The molecule has 0 amide bonds. The van der Waals surface area contributed by atoms with Crippen molar-refractivity contribution >= 4 is 44.4 Å². The second-order valence-electron chi connectivity index (χ2n) is 7.16. The van der Waals surface area contributed by atoms with Crippen molar-refractivity contribution in [3.8, 4) is 11.5 Å². The van der Waals surface area contributed by atoms with Crippen molar-refractivity contribution in [1.29, 1.82) is 0 Å². The Balaban J connectivity index is 1.36. The number of para-hydroxylation sites is 1. The zero-order chi connectivity index (χ0) is 20.8. The summed E-state index contributed by atoms with van der Waals surface area (Å²) in [4.78, 5) is 15.3. The van der Waals surface area contributed by atoms with Crippen LogP contribution in [0.15, 0.2) is 91.8 Å². The average molecular weight is 425 g/mol. The van der Waals surface area contributed by atoms with Gasteiger partial charge in [0.25, 0.3) is 11.1 Å². The molecule has 31 heavy (non-hydrogen) atoms. The van der Waals surface area contributed by atoms with Crippen molar-refractivity contribution < 1.29 is 8.83 Å². The smallest absolute Gasteiger partial charge is 0.336 e. The molecule has 3 aromatic carbocycles. The van der Waals surface area contributed by atoms with Crippen LogP contribution in [-0.2, 0) is 5.75 Å². The van der Waals surface area contributed by atoms with Gasteiger partial charge in [-0.1, -0.05) is 60.3 Å². The van der Waals surface area contributed by atoms with E-state index < -0.39 is 0 Å². The Bertz CT molecular complexity index is 1630. The molecule has 0 atom stereocenters. The van der Waals surface area contributed by atoms with Gasteiger partial charge in [0, 0.05) is 34.3 Å². The van der Waals surface area contributed by atoms with Crippen molar-refractivity contribution in [3.05, 3.63) is 88.9 Å². The van der Waals surface area contributed by atoms with Gasteiger partial charge in [-0.25, -0.2) is 4.79 Å². The lowest BCUT2D eigenvalue weighted by Crippen LogP contribution is -2.00. The Kier molecular flexibility index (Phi) is 4.14. The first-order chi connectivity index (χ1) is 15.3. The quantitative estimate of drug-likeness (QED) is 0.219. The standard InChI is InChI=1S/C24H15N3O3S/c28-21-11-15(22-16-6-2-1-5-14(16)9-10-20(22)29-21)13-31-24-27-26-23(30-24)18-12-25-19-8-4-3-7-17(18)19/h1-12,25H,13H2. The zero-order valence-electron chi connectivity index (χ0n) is 16.2. The van der Waals surface area contributed by atoms with Crippen LogP contribution in [0.2, 0.25) is 0 Å². The average Bonchev–Trinajstić information content (AvgIpc) is 3.44. The fraction of sp³-hybridized carbons (Fsp3) is 0.0417. The van der Waals surface area contributed by atoms with E-state index in [4.69, 9.17) is 8.83 Å². The van der Waals surface area contributed by atoms with Crippen LogP contribution in [0.1, 0.15) is 5.56 Å². The molecule has 6 aromatic rings. The summed E-state index contributed by atoms with van der Waals surface area (Å²) in [5.41, 5.74) is 2.96. The van der Waals surface area contributed by atoms with Gasteiger partial charge in [0.1, 0.15) is 5.58 Å². The summed E-state index contributed by atoms with van der Waals surface area (Å²) < 4.78 is 11.3. The fourth-order valence-electron chi connectivity index (χ4n) is 3.90. The number of thioether (sulfide) groups is 1. The number of rotatable bonds is 4. The summed E-state index contributed by atoms with van der Waals surface area (Å²) >= 11 is 1.40. The van der Waals surface area contributed by atoms with E-state index in [0.717, 1.165) is 38.2 Å². The number of hydrogen-bond acceptors (Lipinski definition) is 6. The minimum atomic E-state index is -0.372. The molecule has 6 rings (SSSR count). The van der Waals surface area contributed by atoms with Gasteiger partial charge < -0.3 is 13.8 Å². The van der Waals surface area contributed by atoms with Crippen molar-refractivity contribution in [2.75, 3.05) is 0 Å². The highest BCUT2D eigenvalue weighted by Crippen LogP contribution is 2.33. The first-order valence-corrected chi connectivity index (χ1v) is 10.7. The van der Waals surface area contributed by atoms with Crippen LogP contribution >= 0.6 is 11.8 Å². The highest BCUT2D eigenvalue weighted by molar-refractivity contribution is 7.98. The summed E-state index contributed by atoms with van der Waals surface area (Å²) in [7, 11) is 0. The van der Waals surface area contributed by atoms with E-state index in [9.17, 15) is 4.79 Å². The molecule has 6 nitrogen and oxygen atoms in total. The maximum Gasteiger partial charge on any atom is 0.336 e. The van der Waals surface area contributed by atoms with E-state index >= 15 is 0 Å². The van der Waals surface area contributed by atoms with Crippen LogP contribution in [-0.4, -0.2) is 15.2 Å². The van der Waals surface area contributed by atoms with Gasteiger partial charge in [-0.3, -0.25) is 0 Å². The Morgan fingerprint density at radius 2 is 1.74 bits per heavy atom. The monoisotopic (exact) mass is 425 g/mol. The number of aromatic amines is 1. The molecule has 0 aliphatic rings. The third kappa shape index (κ3) is 3.10. The minimum Gasteiger partial charge on any atom is -0.423 e. The highest BCUT2D eigenvalue weighted by atomic mass is 32.2. The summed E-state index contributed by atoms with van der Waals surface area (Å²) in [6, 6.07) is 21.4. The zero-order valence-corrected chi connectivity index (χ0v) is 17.0. The summed E-state index contributed by atoms with van der Waals surface area (Å²) in [5.74, 6) is 0.967. The molecule has 0 fully saturated rings. The summed E-state index contributed by atoms with van der Waals surface area (Å²) in [6.45, 7) is 0. The van der Waals surface area contributed by atoms with Gasteiger partial charge in [0.05, 0.1) is 5.56 Å². The van der Waals surface area contributed by atoms with E-state index in [2.05, 4.69) is 15.2 Å². The molecule has 0 bridgehead atoms. The van der Waals surface area contributed by atoms with Crippen LogP contribution in [0, 0.1) is 0 Å². The van der Waals surface area contributed by atoms with Gasteiger partial charge in [0.15, 0.2) is 0 Å². The second-order valence-corrected chi connectivity index (χ2v) is 8.09. The normalized spacial score (nSPS) is 11.6. The van der Waals surface area contributed by atoms with E-state index in [1.807, 2.05) is 66.9 Å². The van der Waals surface area contributed by atoms with E-state index in [0.29, 0.717) is 22.4 Å². The first-order valence-electron chi connectivity index (χ1n) is 9.73. The molecule has 0 spiro atoms. The van der Waals surface area contributed by atoms with Gasteiger partial charge in [-0.15, -0.1) is 10.2 Å². The lowest BCUT2D eigenvalue weighted by atomic mass is 10.0. The molecule has 0 aliphatic carbocycles. The highest BCUT2D eigenvalue weighted by Gasteiger charge is 2.15. The third-order valence-corrected chi connectivity index (χ3v) is 6.16. The number of nitrogens with zero attached hydrogens (tertiary/aromatic N) is 2. The Morgan fingerprint density at radius 3 is 2.68 bits per heavy atom. The van der Waals surface area contributed by atoms with Crippen LogP contribution in [0.25, 0.3) is 44.1 Å². The predicted molar refractivity (Wildman–Crippen MR) is 121 cm³/mol. The summed E-state index contributed by atoms with van der Waals surface area (Å²) in [5, 5.41) is 12.9. The van der Waals surface area contributed by atoms with Gasteiger partial charge >= 0.3 is 5.63 Å². The van der Waals surface area contributed by atoms with Gasteiger partial charge in [0.2, 0.25) is 0 Å². The molecule has 1 N–H and O–H groups in total. The molecule has 150 valence electrons. The molecule has 3 aromatic heterocycles. The number of hydrogen-bond donors (Lipinski definition) is 1. The number of H-pyrrole nitrogens is 1. The number of fused-ring (bicyclic) bond motifs is 4. The minimum absolute atomic E-state index is 0.372. The molecule has 7 heteroatoms. The summed E-state index contributed by atoms with van der Waals surface area (Å²) in [6.07, 6.45) is 1.87. The number of aromatic nitrogens is 3. The lowest BCUT2D eigenvalue weighted by molar-refractivity contribution is 0.466. The second kappa shape index (κ2) is 7.14. The van der Waals surface area contributed by atoms with Crippen molar-refractivity contribution in [2.45, 2.75) is 11.0 Å². The molecular formula is C24H15N3O3S. The largest absolute Gasteiger partial charge is 0.423 e. The molecule has 3 heterocycles. The van der Waals surface area contributed by atoms with Gasteiger partial charge in [-0.2, -0.15) is 0 Å². The van der Waals surface area contributed by atoms with Crippen molar-refractivity contribution in [1.82, 2.24) is 15.2 Å². The molecular weight excluding hydrogens is 410 g/mol. The Hall–Kier alpha value is -3.84. The van der Waals surface area contributed by atoms with Crippen molar-refractivity contribution in [2.24, 2.45) is 0 Å². The van der Waals surface area contributed by atoms with Gasteiger partial charge in [-0.05, 0) is 28.5 Å². The molecule has 0 saturated carbocycles. The first kappa shape index (κ1) is 18.0. The van der Waals surface area contributed by atoms with E-state index in [-0.39, 0.29) is 5.63 Å². The topological polar surface area (TPSA) is 84.9 Å². The fourth-order valence-corrected chi connectivity index (χ4v) is 4.64. The molecule has 0 saturated heterocycles. The maximum absolute atomic E-state index is 12.1. The third-order valence-electron chi connectivity index (χ3n) is 5.29.